The van der Waals surface area contributed by atoms with Crippen molar-refractivity contribution in [1.29, 1.82) is 0 Å². The minimum absolute atomic E-state index is 0.0478. The molecule has 1 saturated carbocycles. The highest BCUT2D eigenvalue weighted by Gasteiger charge is 2.42. The monoisotopic (exact) mass is 396 g/mol. The lowest BCUT2D eigenvalue weighted by atomic mass is 9.78. The number of aryl methyl sites for hydroxylation is 2. The molecular formula is C22H28N4O3. The van der Waals surface area contributed by atoms with Gasteiger partial charge in [-0.1, -0.05) is 12.1 Å². The van der Waals surface area contributed by atoms with Crippen LogP contribution in [0.25, 0.3) is 0 Å². The molecule has 1 aliphatic heterocycles. The Bertz CT molecular complexity index is 908. The van der Waals surface area contributed by atoms with Gasteiger partial charge in [-0.2, -0.15) is 5.10 Å². The molecule has 2 heterocycles. The minimum atomic E-state index is -0.442. The lowest BCUT2D eigenvalue weighted by molar-refractivity contribution is -0.128. The van der Waals surface area contributed by atoms with E-state index < -0.39 is 5.60 Å². The van der Waals surface area contributed by atoms with Crippen molar-refractivity contribution in [3.05, 3.63) is 46.8 Å². The number of aromatic amines is 1. The number of benzene rings is 1. The molecule has 2 aliphatic rings. The zero-order chi connectivity index (χ0) is 20.6. The summed E-state index contributed by atoms with van der Waals surface area (Å²) in [6.07, 6.45) is 2.94. The number of nitrogens with zero attached hydrogens (tertiary/aromatic N) is 1. The van der Waals surface area contributed by atoms with Crippen LogP contribution in [-0.2, 0) is 4.79 Å². The molecule has 2 amide bonds. The summed E-state index contributed by atoms with van der Waals surface area (Å²) in [4.78, 5) is 25.2. The highest BCUT2D eigenvalue weighted by molar-refractivity contribution is 5.97. The Morgan fingerprint density at radius 3 is 2.69 bits per heavy atom. The van der Waals surface area contributed by atoms with E-state index >= 15 is 0 Å². The van der Waals surface area contributed by atoms with E-state index in [1.54, 1.807) is 6.07 Å². The van der Waals surface area contributed by atoms with Crippen molar-refractivity contribution in [2.24, 2.45) is 5.92 Å². The van der Waals surface area contributed by atoms with E-state index in [2.05, 4.69) is 20.8 Å². The molecule has 29 heavy (non-hydrogen) atoms. The zero-order valence-electron chi connectivity index (χ0n) is 17.2. The molecule has 1 aromatic heterocycles. The molecule has 4 rings (SSSR count). The number of amides is 2. The Morgan fingerprint density at radius 1 is 1.28 bits per heavy atom. The van der Waals surface area contributed by atoms with Crippen LogP contribution in [-0.4, -0.2) is 34.2 Å². The number of aromatic nitrogens is 2. The number of fused-ring (bicyclic) bond motifs is 1. The molecule has 7 heteroatoms. The third kappa shape index (κ3) is 3.73. The summed E-state index contributed by atoms with van der Waals surface area (Å²) in [5.74, 6) is 0.556. The van der Waals surface area contributed by atoms with Crippen LogP contribution in [0.5, 0.6) is 5.75 Å². The SMILES string of the molecule is Cc1n[nH]c(C)c1C(C)NC(=O)C1CCC2(CC1)CNC(=O)c1ccccc1O2. The largest absolute Gasteiger partial charge is 0.485 e. The Morgan fingerprint density at radius 2 is 2.00 bits per heavy atom. The number of hydrogen-bond acceptors (Lipinski definition) is 4. The highest BCUT2D eigenvalue weighted by atomic mass is 16.5. The Kier molecular flexibility index (Phi) is 5.06. The number of carbonyl (C=O) groups is 2. The van der Waals surface area contributed by atoms with Crippen molar-refractivity contribution in [2.45, 2.75) is 58.1 Å². The predicted molar refractivity (Wildman–Crippen MR) is 109 cm³/mol. The van der Waals surface area contributed by atoms with Crippen LogP contribution in [0, 0.1) is 19.8 Å². The minimum Gasteiger partial charge on any atom is -0.485 e. The first-order valence-electron chi connectivity index (χ1n) is 10.3. The first-order valence-corrected chi connectivity index (χ1v) is 10.3. The average Bonchev–Trinajstić information content (AvgIpc) is 2.98. The summed E-state index contributed by atoms with van der Waals surface area (Å²) >= 11 is 0. The zero-order valence-corrected chi connectivity index (χ0v) is 17.2. The van der Waals surface area contributed by atoms with Gasteiger partial charge in [0.1, 0.15) is 11.4 Å². The van der Waals surface area contributed by atoms with E-state index in [1.807, 2.05) is 39.0 Å². The van der Waals surface area contributed by atoms with Crippen LogP contribution in [0.1, 0.15) is 66.0 Å². The van der Waals surface area contributed by atoms with E-state index in [-0.39, 0.29) is 23.8 Å². The molecule has 154 valence electrons. The molecule has 1 aromatic carbocycles. The van der Waals surface area contributed by atoms with E-state index in [1.165, 1.54) is 0 Å². The summed E-state index contributed by atoms with van der Waals surface area (Å²) in [5, 5.41) is 13.3. The molecule has 1 spiro atoms. The smallest absolute Gasteiger partial charge is 0.255 e. The van der Waals surface area contributed by atoms with Crippen molar-refractivity contribution >= 4 is 11.8 Å². The number of para-hydroxylation sites is 1. The Hall–Kier alpha value is -2.83. The normalized spacial score (nSPS) is 24.8. The lowest BCUT2D eigenvalue weighted by Crippen LogP contribution is -2.49. The summed E-state index contributed by atoms with van der Waals surface area (Å²) in [6, 6.07) is 7.26. The molecule has 1 fully saturated rings. The van der Waals surface area contributed by atoms with Gasteiger partial charge in [-0.25, -0.2) is 0 Å². The summed E-state index contributed by atoms with van der Waals surface area (Å²) < 4.78 is 6.33. The number of ether oxygens (including phenoxy) is 1. The van der Waals surface area contributed by atoms with Crippen molar-refractivity contribution in [2.75, 3.05) is 6.54 Å². The fraction of sp³-hybridized carbons (Fsp3) is 0.500. The molecule has 1 atom stereocenters. The third-order valence-electron chi connectivity index (χ3n) is 6.27. The van der Waals surface area contributed by atoms with Crippen molar-refractivity contribution in [3.63, 3.8) is 0 Å². The number of nitrogens with one attached hydrogen (secondary N) is 3. The molecule has 0 saturated heterocycles. The van der Waals surface area contributed by atoms with Gasteiger partial charge >= 0.3 is 0 Å². The van der Waals surface area contributed by atoms with Gasteiger partial charge in [0.2, 0.25) is 5.91 Å². The number of H-pyrrole nitrogens is 1. The number of carbonyl (C=O) groups excluding carboxylic acids is 2. The van der Waals surface area contributed by atoms with E-state index in [0.29, 0.717) is 17.9 Å². The molecule has 0 bridgehead atoms. The van der Waals surface area contributed by atoms with Gasteiger partial charge in [-0.05, 0) is 58.6 Å². The maximum atomic E-state index is 12.9. The highest BCUT2D eigenvalue weighted by Crippen LogP contribution is 2.38. The summed E-state index contributed by atoms with van der Waals surface area (Å²) in [6.45, 7) is 6.38. The van der Waals surface area contributed by atoms with Crippen LogP contribution in [0.3, 0.4) is 0 Å². The molecule has 0 radical (unpaired) electrons. The molecule has 3 N–H and O–H groups in total. The van der Waals surface area contributed by atoms with Gasteiger partial charge in [0.25, 0.3) is 5.91 Å². The van der Waals surface area contributed by atoms with Crippen molar-refractivity contribution in [3.8, 4) is 5.75 Å². The Balaban J connectivity index is 1.40. The van der Waals surface area contributed by atoms with Gasteiger partial charge in [-0.3, -0.25) is 14.7 Å². The van der Waals surface area contributed by atoms with E-state index in [9.17, 15) is 9.59 Å². The number of rotatable bonds is 3. The number of hydrogen-bond donors (Lipinski definition) is 3. The van der Waals surface area contributed by atoms with Crippen LogP contribution >= 0.6 is 0 Å². The van der Waals surface area contributed by atoms with Crippen LogP contribution in [0.15, 0.2) is 24.3 Å². The van der Waals surface area contributed by atoms with Crippen LogP contribution in [0.2, 0.25) is 0 Å². The lowest BCUT2D eigenvalue weighted by Gasteiger charge is -2.39. The molecule has 1 aliphatic carbocycles. The van der Waals surface area contributed by atoms with Gasteiger partial charge in [0.05, 0.1) is 23.8 Å². The average molecular weight is 396 g/mol. The first kappa shape index (κ1) is 19.5. The fourth-order valence-electron chi connectivity index (χ4n) is 4.64. The topological polar surface area (TPSA) is 96.1 Å². The fourth-order valence-corrected chi connectivity index (χ4v) is 4.64. The second-order valence-corrected chi connectivity index (χ2v) is 8.32. The van der Waals surface area contributed by atoms with Crippen molar-refractivity contribution < 1.29 is 14.3 Å². The Labute approximate surface area is 170 Å². The second-order valence-electron chi connectivity index (χ2n) is 8.32. The van der Waals surface area contributed by atoms with E-state index in [4.69, 9.17) is 4.74 Å². The summed E-state index contributed by atoms with van der Waals surface area (Å²) in [7, 11) is 0. The molecule has 7 nitrogen and oxygen atoms in total. The van der Waals surface area contributed by atoms with Gasteiger partial charge in [0.15, 0.2) is 0 Å². The van der Waals surface area contributed by atoms with Gasteiger partial charge in [-0.15, -0.1) is 0 Å². The first-order chi connectivity index (χ1) is 13.9. The van der Waals surface area contributed by atoms with Crippen molar-refractivity contribution in [1.82, 2.24) is 20.8 Å². The van der Waals surface area contributed by atoms with Crippen LogP contribution in [0.4, 0.5) is 0 Å². The second kappa shape index (κ2) is 7.54. The maximum absolute atomic E-state index is 12.9. The molecular weight excluding hydrogens is 368 g/mol. The van der Waals surface area contributed by atoms with E-state index in [0.717, 1.165) is 42.6 Å². The maximum Gasteiger partial charge on any atom is 0.255 e. The quantitative estimate of drug-likeness (QED) is 0.743. The van der Waals surface area contributed by atoms with Gasteiger partial charge < -0.3 is 15.4 Å². The summed E-state index contributed by atoms with van der Waals surface area (Å²) in [5.41, 5.74) is 3.09. The standard InChI is InChI=1S/C22H28N4O3/c1-13(19-14(2)25-26-15(19)3)24-20(27)16-8-10-22(11-9-16)12-23-21(28)17-6-4-5-7-18(17)29-22/h4-7,13,16H,8-12H2,1-3H3,(H,23,28)(H,24,27)(H,25,26). The molecule has 1 unspecified atom stereocenters. The predicted octanol–water partition coefficient (Wildman–Crippen LogP) is 2.96. The molecule has 2 aromatic rings. The third-order valence-corrected chi connectivity index (χ3v) is 6.27. The van der Waals surface area contributed by atoms with Crippen LogP contribution < -0.4 is 15.4 Å². The van der Waals surface area contributed by atoms with Gasteiger partial charge in [0, 0.05) is 17.2 Å².